The Bertz CT molecular complexity index is 441. The Hall–Kier alpha value is -1.84. The van der Waals surface area contributed by atoms with Gasteiger partial charge in [-0.15, -0.1) is 0 Å². The lowest BCUT2D eigenvalue weighted by Crippen LogP contribution is -2.14. The molecule has 102 valence electrons. The minimum Gasteiger partial charge on any atom is -0.469 e. The maximum absolute atomic E-state index is 11.6. The largest absolute Gasteiger partial charge is 0.469 e. The van der Waals surface area contributed by atoms with E-state index in [1.54, 1.807) is 0 Å². The summed E-state index contributed by atoms with van der Waals surface area (Å²) < 4.78 is 9.87. The highest BCUT2D eigenvalue weighted by atomic mass is 16.6. The normalized spacial score (nSPS) is 22.1. The molecule has 1 aliphatic rings. The van der Waals surface area contributed by atoms with Crippen molar-refractivity contribution < 1.29 is 19.1 Å². The fraction of sp³-hybridized carbons (Fsp3) is 0.467. The summed E-state index contributed by atoms with van der Waals surface area (Å²) >= 11 is 0. The fourth-order valence-corrected chi connectivity index (χ4v) is 2.32. The van der Waals surface area contributed by atoms with Crippen LogP contribution in [0.5, 0.6) is 0 Å². The van der Waals surface area contributed by atoms with E-state index in [-0.39, 0.29) is 30.4 Å². The zero-order valence-corrected chi connectivity index (χ0v) is 11.0. The third kappa shape index (κ3) is 3.81. The van der Waals surface area contributed by atoms with E-state index in [1.165, 1.54) is 12.7 Å². The number of methoxy groups -OCH3 is 1. The van der Waals surface area contributed by atoms with Crippen LogP contribution in [0.2, 0.25) is 0 Å². The van der Waals surface area contributed by atoms with Crippen LogP contribution in [0.3, 0.4) is 0 Å². The summed E-state index contributed by atoms with van der Waals surface area (Å²) in [4.78, 5) is 22.8. The van der Waals surface area contributed by atoms with Crippen LogP contribution in [0.1, 0.15) is 24.8 Å². The Morgan fingerprint density at radius 1 is 1.37 bits per heavy atom. The Balaban J connectivity index is 1.81. The smallest absolute Gasteiger partial charge is 0.309 e. The second kappa shape index (κ2) is 6.36. The van der Waals surface area contributed by atoms with Crippen LogP contribution in [0.4, 0.5) is 0 Å². The van der Waals surface area contributed by atoms with Crippen molar-refractivity contribution in [3.05, 3.63) is 35.9 Å². The van der Waals surface area contributed by atoms with Gasteiger partial charge in [0, 0.05) is 0 Å². The standard InChI is InChI=1S/C15H18O4/c1-18-14(16)10-12-9-13(19-15(12)17)8-7-11-5-3-2-4-6-11/h2-6,12-13H,7-10H2,1H3. The number of benzene rings is 1. The first-order chi connectivity index (χ1) is 9.19. The summed E-state index contributed by atoms with van der Waals surface area (Å²) in [5, 5.41) is 0. The first kappa shape index (κ1) is 13.6. The minimum atomic E-state index is -0.356. The zero-order chi connectivity index (χ0) is 13.7. The van der Waals surface area contributed by atoms with Gasteiger partial charge in [-0.2, -0.15) is 0 Å². The number of rotatable bonds is 5. The van der Waals surface area contributed by atoms with Crippen molar-refractivity contribution in [3.63, 3.8) is 0 Å². The van der Waals surface area contributed by atoms with Crippen molar-refractivity contribution in [2.24, 2.45) is 5.92 Å². The molecule has 19 heavy (non-hydrogen) atoms. The molecule has 0 amide bonds. The van der Waals surface area contributed by atoms with Crippen molar-refractivity contribution in [1.29, 1.82) is 0 Å². The SMILES string of the molecule is COC(=O)CC1CC(CCc2ccccc2)OC1=O. The molecule has 1 aromatic rings. The molecular weight excluding hydrogens is 244 g/mol. The predicted octanol–water partition coefficient (Wildman–Crippen LogP) is 2.11. The van der Waals surface area contributed by atoms with E-state index in [0.717, 1.165) is 12.8 Å². The van der Waals surface area contributed by atoms with Gasteiger partial charge in [0.2, 0.25) is 0 Å². The molecule has 1 fully saturated rings. The molecule has 1 saturated heterocycles. The van der Waals surface area contributed by atoms with Gasteiger partial charge in [0.15, 0.2) is 0 Å². The van der Waals surface area contributed by atoms with Crippen molar-refractivity contribution >= 4 is 11.9 Å². The van der Waals surface area contributed by atoms with Gasteiger partial charge >= 0.3 is 11.9 Å². The number of aryl methyl sites for hydroxylation is 1. The van der Waals surface area contributed by atoms with Crippen molar-refractivity contribution in [2.75, 3.05) is 7.11 Å². The summed E-state index contributed by atoms with van der Waals surface area (Å²) in [5.74, 6) is -0.970. The van der Waals surface area contributed by atoms with Gasteiger partial charge < -0.3 is 9.47 Å². The van der Waals surface area contributed by atoms with E-state index >= 15 is 0 Å². The third-order valence-electron chi connectivity index (χ3n) is 3.40. The molecule has 0 saturated carbocycles. The van der Waals surface area contributed by atoms with Crippen molar-refractivity contribution in [1.82, 2.24) is 0 Å². The highest BCUT2D eigenvalue weighted by Gasteiger charge is 2.35. The predicted molar refractivity (Wildman–Crippen MR) is 69.4 cm³/mol. The number of ether oxygens (including phenoxy) is 2. The second-order valence-electron chi connectivity index (χ2n) is 4.80. The molecule has 0 aromatic heterocycles. The number of hydrogen-bond acceptors (Lipinski definition) is 4. The average molecular weight is 262 g/mol. The summed E-state index contributed by atoms with van der Waals surface area (Å²) in [5.41, 5.74) is 1.23. The average Bonchev–Trinajstić information content (AvgIpc) is 2.78. The number of carbonyl (C=O) groups is 2. The Labute approximate surface area is 112 Å². The molecule has 0 spiro atoms. The zero-order valence-electron chi connectivity index (χ0n) is 11.0. The molecule has 1 heterocycles. The van der Waals surface area contributed by atoms with E-state index < -0.39 is 0 Å². The van der Waals surface area contributed by atoms with E-state index in [1.807, 2.05) is 18.2 Å². The molecule has 0 N–H and O–H groups in total. The van der Waals surface area contributed by atoms with Gasteiger partial charge in [0.1, 0.15) is 6.10 Å². The van der Waals surface area contributed by atoms with Crippen LogP contribution in [0.25, 0.3) is 0 Å². The molecular formula is C15H18O4. The molecule has 0 bridgehead atoms. The molecule has 2 unspecified atom stereocenters. The van der Waals surface area contributed by atoms with Crippen LogP contribution in [0, 0.1) is 5.92 Å². The van der Waals surface area contributed by atoms with Crippen LogP contribution in [-0.4, -0.2) is 25.2 Å². The topological polar surface area (TPSA) is 52.6 Å². The van der Waals surface area contributed by atoms with Crippen molar-refractivity contribution in [3.8, 4) is 0 Å². The Morgan fingerprint density at radius 2 is 2.11 bits per heavy atom. The van der Waals surface area contributed by atoms with Crippen LogP contribution in [0.15, 0.2) is 30.3 Å². The minimum absolute atomic E-state index is 0.0811. The number of hydrogen-bond donors (Lipinski definition) is 0. The monoisotopic (exact) mass is 262 g/mol. The van der Waals surface area contributed by atoms with E-state index in [2.05, 4.69) is 16.9 Å². The highest BCUT2D eigenvalue weighted by Crippen LogP contribution is 2.27. The van der Waals surface area contributed by atoms with Crippen LogP contribution in [-0.2, 0) is 25.5 Å². The number of esters is 2. The first-order valence-corrected chi connectivity index (χ1v) is 6.50. The molecule has 4 heteroatoms. The third-order valence-corrected chi connectivity index (χ3v) is 3.40. The number of carbonyl (C=O) groups excluding carboxylic acids is 2. The lowest BCUT2D eigenvalue weighted by Gasteiger charge is -2.08. The maximum atomic E-state index is 11.6. The van der Waals surface area contributed by atoms with Gasteiger partial charge in [-0.3, -0.25) is 9.59 Å². The maximum Gasteiger partial charge on any atom is 0.309 e. The van der Waals surface area contributed by atoms with Crippen molar-refractivity contribution in [2.45, 2.75) is 31.8 Å². The lowest BCUT2D eigenvalue weighted by atomic mass is 9.98. The summed E-state index contributed by atoms with van der Waals surface area (Å²) in [6, 6.07) is 10.1. The molecule has 2 atom stereocenters. The van der Waals surface area contributed by atoms with E-state index in [4.69, 9.17) is 4.74 Å². The van der Waals surface area contributed by atoms with Crippen LogP contribution < -0.4 is 0 Å². The van der Waals surface area contributed by atoms with Crippen LogP contribution >= 0.6 is 0 Å². The van der Waals surface area contributed by atoms with E-state index in [0.29, 0.717) is 6.42 Å². The summed E-state index contributed by atoms with van der Waals surface area (Å²) in [7, 11) is 1.33. The first-order valence-electron chi connectivity index (χ1n) is 6.50. The quantitative estimate of drug-likeness (QED) is 0.763. The summed E-state index contributed by atoms with van der Waals surface area (Å²) in [6.45, 7) is 0. The fourth-order valence-electron chi connectivity index (χ4n) is 2.32. The van der Waals surface area contributed by atoms with E-state index in [9.17, 15) is 9.59 Å². The second-order valence-corrected chi connectivity index (χ2v) is 4.80. The van der Waals surface area contributed by atoms with Gasteiger partial charge in [-0.05, 0) is 24.8 Å². The molecule has 1 aliphatic heterocycles. The molecule has 1 aromatic carbocycles. The summed E-state index contributed by atoms with van der Waals surface area (Å²) in [6.07, 6.45) is 2.33. The van der Waals surface area contributed by atoms with Gasteiger partial charge in [-0.1, -0.05) is 30.3 Å². The molecule has 0 aliphatic carbocycles. The Kier molecular flexibility index (Phi) is 4.55. The lowest BCUT2D eigenvalue weighted by molar-refractivity contribution is -0.149. The Morgan fingerprint density at radius 3 is 2.79 bits per heavy atom. The van der Waals surface area contributed by atoms with Gasteiger partial charge in [0.05, 0.1) is 19.4 Å². The van der Waals surface area contributed by atoms with Gasteiger partial charge in [0.25, 0.3) is 0 Å². The molecule has 4 nitrogen and oxygen atoms in total. The molecule has 2 rings (SSSR count). The highest BCUT2D eigenvalue weighted by molar-refractivity contribution is 5.81. The number of cyclic esters (lactones) is 1. The molecule has 0 radical (unpaired) electrons. The van der Waals surface area contributed by atoms with Gasteiger partial charge in [-0.25, -0.2) is 0 Å².